The van der Waals surface area contributed by atoms with Crippen molar-refractivity contribution in [3.8, 4) is 0 Å². The Morgan fingerprint density at radius 1 is 0.344 bits per heavy atom. The number of unbranched alkanes of at least 4 members (excludes halogenated alkanes) is 13. The zero-order valence-electron chi connectivity index (χ0n) is 39.1. The quantitative estimate of drug-likeness (QED) is 0.0264. The summed E-state index contributed by atoms with van der Waals surface area (Å²) in [5.41, 5.74) is 0. The Bertz CT molecular complexity index is 1290. The summed E-state index contributed by atoms with van der Waals surface area (Å²) in [7, 11) is 0. The van der Waals surface area contributed by atoms with Gasteiger partial charge in [0.1, 0.15) is 13.2 Å². The van der Waals surface area contributed by atoms with Crippen LogP contribution in [0.2, 0.25) is 0 Å². The van der Waals surface area contributed by atoms with Crippen LogP contribution in [-0.2, 0) is 28.6 Å². The summed E-state index contributed by atoms with van der Waals surface area (Å²) in [6.07, 6.45) is 65.0. The van der Waals surface area contributed by atoms with E-state index in [2.05, 4.69) is 130 Å². The van der Waals surface area contributed by atoms with E-state index in [9.17, 15) is 14.4 Å². The minimum Gasteiger partial charge on any atom is -0.462 e. The Labute approximate surface area is 374 Å². The highest BCUT2D eigenvalue weighted by atomic mass is 16.6. The molecule has 344 valence electrons. The molecule has 6 heteroatoms. The zero-order chi connectivity index (χ0) is 44.4. The molecule has 0 spiro atoms. The summed E-state index contributed by atoms with van der Waals surface area (Å²) in [4.78, 5) is 37.9. The normalized spacial score (nSPS) is 13.0. The van der Waals surface area contributed by atoms with E-state index in [0.29, 0.717) is 19.3 Å². The maximum absolute atomic E-state index is 12.8. The van der Waals surface area contributed by atoms with Gasteiger partial charge in [0.25, 0.3) is 0 Å². The van der Waals surface area contributed by atoms with Gasteiger partial charge in [0.05, 0.1) is 0 Å². The first-order valence-corrected chi connectivity index (χ1v) is 24.4. The molecule has 0 aromatic carbocycles. The minimum atomic E-state index is -0.814. The second-order valence-electron chi connectivity index (χ2n) is 15.6. The first kappa shape index (κ1) is 57.1. The fourth-order valence-corrected chi connectivity index (χ4v) is 6.12. The topological polar surface area (TPSA) is 78.9 Å². The van der Waals surface area contributed by atoms with Gasteiger partial charge in [0.2, 0.25) is 0 Å². The smallest absolute Gasteiger partial charge is 0.306 e. The molecule has 0 amide bonds. The van der Waals surface area contributed by atoms with Crippen molar-refractivity contribution in [2.24, 2.45) is 0 Å². The van der Waals surface area contributed by atoms with Crippen LogP contribution in [0, 0.1) is 0 Å². The van der Waals surface area contributed by atoms with Crippen molar-refractivity contribution in [2.45, 2.75) is 207 Å². The lowest BCUT2D eigenvalue weighted by molar-refractivity contribution is -0.167. The van der Waals surface area contributed by atoms with Gasteiger partial charge in [-0.05, 0) is 109 Å². The molecule has 0 aliphatic rings. The van der Waals surface area contributed by atoms with Gasteiger partial charge in [-0.2, -0.15) is 0 Å². The number of carbonyl (C=O) groups is 3. The number of esters is 3. The first-order valence-electron chi connectivity index (χ1n) is 24.4. The third-order valence-corrected chi connectivity index (χ3v) is 9.74. The first-order chi connectivity index (χ1) is 30.0. The van der Waals surface area contributed by atoms with Gasteiger partial charge >= 0.3 is 17.9 Å². The maximum Gasteiger partial charge on any atom is 0.306 e. The molecule has 0 rings (SSSR count). The summed E-state index contributed by atoms with van der Waals surface area (Å²) in [6.45, 7) is 6.28. The van der Waals surface area contributed by atoms with Crippen LogP contribution in [0.1, 0.15) is 201 Å². The third kappa shape index (κ3) is 47.0. The number of carbonyl (C=O) groups excluding carboxylic acids is 3. The molecule has 0 aliphatic heterocycles. The highest BCUT2D eigenvalue weighted by Crippen LogP contribution is 2.12. The van der Waals surface area contributed by atoms with E-state index < -0.39 is 6.10 Å². The van der Waals surface area contributed by atoms with Crippen molar-refractivity contribution in [1.82, 2.24) is 0 Å². The molecular weight excluding hydrogens is 757 g/mol. The van der Waals surface area contributed by atoms with E-state index in [4.69, 9.17) is 14.2 Å². The van der Waals surface area contributed by atoms with Crippen molar-refractivity contribution in [1.29, 1.82) is 0 Å². The average Bonchev–Trinajstić information content (AvgIpc) is 3.26. The Balaban J connectivity index is 4.53. The Morgan fingerprint density at radius 2 is 0.656 bits per heavy atom. The summed E-state index contributed by atoms with van der Waals surface area (Å²) in [6, 6.07) is 0. The van der Waals surface area contributed by atoms with Crippen molar-refractivity contribution in [3.05, 3.63) is 109 Å². The van der Waals surface area contributed by atoms with Crippen molar-refractivity contribution < 1.29 is 28.6 Å². The molecule has 0 fully saturated rings. The molecule has 61 heavy (non-hydrogen) atoms. The largest absolute Gasteiger partial charge is 0.462 e. The van der Waals surface area contributed by atoms with Crippen LogP contribution >= 0.6 is 0 Å². The van der Waals surface area contributed by atoms with E-state index in [-0.39, 0.29) is 37.5 Å². The fraction of sp³-hybridized carbons (Fsp3) is 0.618. The molecule has 0 aromatic heterocycles. The van der Waals surface area contributed by atoms with Crippen LogP contribution in [0.3, 0.4) is 0 Å². The fourth-order valence-electron chi connectivity index (χ4n) is 6.12. The van der Waals surface area contributed by atoms with Crippen LogP contribution in [-0.4, -0.2) is 37.2 Å². The summed E-state index contributed by atoms with van der Waals surface area (Å²) >= 11 is 0. The third-order valence-electron chi connectivity index (χ3n) is 9.74. The van der Waals surface area contributed by atoms with Gasteiger partial charge in [0, 0.05) is 19.3 Å². The minimum absolute atomic E-state index is 0.110. The van der Waals surface area contributed by atoms with E-state index >= 15 is 0 Å². The number of hydrogen-bond acceptors (Lipinski definition) is 6. The Kier molecular flexibility index (Phi) is 45.6. The van der Waals surface area contributed by atoms with Gasteiger partial charge in [-0.15, -0.1) is 0 Å². The van der Waals surface area contributed by atoms with Crippen LogP contribution in [0.15, 0.2) is 109 Å². The van der Waals surface area contributed by atoms with Crippen molar-refractivity contribution in [3.63, 3.8) is 0 Å². The predicted molar refractivity (Wildman–Crippen MR) is 260 cm³/mol. The number of ether oxygens (including phenoxy) is 3. The van der Waals surface area contributed by atoms with Crippen LogP contribution < -0.4 is 0 Å². The zero-order valence-corrected chi connectivity index (χ0v) is 39.1. The van der Waals surface area contributed by atoms with Gasteiger partial charge < -0.3 is 14.2 Å². The van der Waals surface area contributed by atoms with Gasteiger partial charge in [-0.1, -0.05) is 182 Å². The lowest BCUT2D eigenvalue weighted by atomic mass is 10.1. The Morgan fingerprint density at radius 3 is 1.08 bits per heavy atom. The molecule has 0 saturated heterocycles. The highest BCUT2D eigenvalue weighted by Gasteiger charge is 2.19. The monoisotopic (exact) mass is 845 g/mol. The summed E-state index contributed by atoms with van der Waals surface area (Å²) in [5.74, 6) is -1.01. The molecule has 0 unspecified atom stereocenters. The SMILES string of the molecule is CC/C=C\C/C=C\C/C=C\C/C=C\C/C=C\CCCC(=O)OC[C@@H](COC(=O)CCCCCCC/C=C\CCCC)OC(=O)CCCCCCC/C=C\C/C=C\C/C=C\CC. The molecule has 6 nitrogen and oxygen atoms in total. The molecule has 0 N–H and O–H groups in total. The van der Waals surface area contributed by atoms with Gasteiger partial charge in [-0.25, -0.2) is 0 Å². The number of hydrogen-bond donors (Lipinski definition) is 0. The van der Waals surface area contributed by atoms with Crippen molar-refractivity contribution in [2.75, 3.05) is 13.2 Å². The Hall–Kier alpha value is -3.93. The molecule has 0 bridgehead atoms. The molecule has 0 radical (unpaired) electrons. The second-order valence-corrected chi connectivity index (χ2v) is 15.6. The highest BCUT2D eigenvalue weighted by molar-refractivity contribution is 5.71. The lowest BCUT2D eigenvalue weighted by Gasteiger charge is -2.18. The molecule has 0 aliphatic carbocycles. The van der Waals surface area contributed by atoms with Crippen LogP contribution in [0.25, 0.3) is 0 Å². The number of allylic oxidation sites excluding steroid dienone is 18. The predicted octanol–water partition coefficient (Wildman–Crippen LogP) is 16.0. The van der Waals surface area contributed by atoms with Gasteiger partial charge in [0.15, 0.2) is 6.10 Å². The molecule has 0 aromatic rings. The molecular formula is C55H88O6. The maximum atomic E-state index is 12.8. The standard InChI is InChI=1S/C55H88O6/c1-4-7-10-13-16-19-22-24-26-27-29-30-33-36-39-42-45-48-54(57)60-51-52(50-59-53(56)47-44-41-38-35-32-21-18-15-12-9-6-3)61-55(58)49-46-43-40-37-34-31-28-25-23-20-17-14-11-8-5-2/h7-8,10-11,15-20,24-26,28-30,36,39,52H,4-6,9,12-14,21-23,27,31-35,37-38,40-51H2,1-3H3/b10-7-,11-8-,18-15-,19-16-,20-17-,26-24-,28-25-,30-29-,39-36-/t52-/m1/s1. The summed E-state index contributed by atoms with van der Waals surface area (Å²) < 4.78 is 16.7. The van der Waals surface area contributed by atoms with Crippen LogP contribution in [0.5, 0.6) is 0 Å². The van der Waals surface area contributed by atoms with E-state index in [0.717, 1.165) is 128 Å². The molecule has 0 heterocycles. The average molecular weight is 845 g/mol. The van der Waals surface area contributed by atoms with Crippen molar-refractivity contribution >= 4 is 17.9 Å². The lowest BCUT2D eigenvalue weighted by Crippen LogP contribution is -2.30. The molecule has 1 atom stereocenters. The van der Waals surface area contributed by atoms with E-state index in [1.165, 1.54) is 25.7 Å². The summed E-state index contributed by atoms with van der Waals surface area (Å²) in [5, 5.41) is 0. The van der Waals surface area contributed by atoms with Crippen LogP contribution in [0.4, 0.5) is 0 Å². The van der Waals surface area contributed by atoms with E-state index in [1.807, 2.05) is 0 Å². The number of rotatable bonds is 42. The van der Waals surface area contributed by atoms with Gasteiger partial charge in [-0.3, -0.25) is 14.4 Å². The molecule has 0 saturated carbocycles. The van der Waals surface area contributed by atoms with E-state index in [1.54, 1.807) is 0 Å². The second kappa shape index (κ2) is 48.7.